The molecule has 10 heteroatoms. The Bertz CT molecular complexity index is 829. The molecule has 1 aromatic carbocycles. The predicted molar refractivity (Wildman–Crippen MR) is 81.7 cm³/mol. The van der Waals surface area contributed by atoms with E-state index in [9.17, 15) is 21.6 Å². The van der Waals surface area contributed by atoms with Gasteiger partial charge in [0.15, 0.2) is 0 Å². The molecule has 1 heterocycles. The van der Waals surface area contributed by atoms with E-state index in [2.05, 4.69) is 9.84 Å². The van der Waals surface area contributed by atoms with Gasteiger partial charge in [-0.1, -0.05) is 0 Å². The highest BCUT2D eigenvalue weighted by molar-refractivity contribution is 7.90. The number of halogens is 3. The fraction of sp³-hybridized carbons (Fsp3) is 0.357. The molecule has 0 radical (unpaired) electrons. The molecule has 0 unspecified atom stereocenters. The average Bonchev–Trinajstić information content (AvgIpc) is 2.95. The van der Waals surface area contributed by atoms with Crippen molar-refractivity contribution in [2.24, 2.45) is 5.73 Å². The second kappa shape index (κ2) is 6.44. The zero-order valence-corrected chi connectivity index (χ0v) is 13.7. The molecule has 6 nitrogen and oxygen atoms in total. The van der Waals surface area contributed by atoms with Crippen LogP contribution in [-0.4, -0.2) is 29.2 Å². The fourth-order valence-corrected chi connectivity index (χ4v) is 2.82. The summed E-state index contributed by atoms with van der Waals surface area (Å²) < 4.78 is 66.1. The minimum absolute atomic E-state index is 0.000483. The maximum Gasteiger partial charge on any atom is 0.573 e. The van der Waals surface area contributed by atoms with Gasteiger partial charge in [0.1, 0.15) is 5.75 Å². The van der Waals surface area contributed by atoms with Crippen molar-refractivity contribution in [3.8, 4) is 16.9 Å². The van der Waals surface area contributed by atoms with Gasteiger partial charge in [-0.05, 0) is 43.2 Å². The van der Waals surface area contributed by atoms with Gasteiger partial charge in [-0.25, -0.2) is 8.42 Å². The van der Waals surface area contributed by atoms with Gasteiger partial charge in [0.2, 0.25) is 0 Å². The summed E-state index contributed by atoms with van der Waals surface area (Å²) in [7, 11) is -3.65. The molecule has 0 amide bonds. The maximum atomic E-state index is 12.4. The van der Waals surface area contributed by atoms with Crippen LogP contribution in [0.4, 0.5) is 13.2 Å². The van der Waals surface area contributed by atoms with Crippen molar-refractivity contribution in [1.29, 1.82) is 0 Å². The average molecular weight is 363 g/mol. The first kappa shape index (κ1) is 18.3. The lowest BCUT2D eigenvalue weighted by Crippen LogP contribution is -2.22. The van der Waals surface area contributed by atoms with E-state index in [1.807, 2.05) is 0 Å². The van der Waals surface area contributed by atoms with Gasteiger partial charge in [-0.15, -0.1) is 13.2 Å². The van der Waals surface area contributed by atoms with Crippen molar-refractivity contribution in [2.75, 3.05) is 0 Å². The Morgan fingerprint density at radius 2 is 1.92 bits per heavy atom. The molecule has 0 aliphatic carbocycles. The summed E-state index contributed by atoms with van der Waals surface area (Å²) in [5, 5.41) is 3.09. The molecule has 2 N–H and O–H groups in total. The third-order valence-electron chi connectivity index (χ3n) is 3.19. The first-order valence-corrected chi connectivity index (χ1v) is 8.42. The molecular weight excluding hydrogens is 347 g/mol. The number of alkyl halides is 3. The van der Waals surface area contributed by atoms with Crippen molar-refractivity contribution < 1.29 is 26.3 Å². The van der Waals surface area contributed by atoms with Crippen LogP contribution in [0.25, 0.3) is 11.1 Å². The summed E-state index contributed by atoms with van der Waals surface area (Å²) in [4.78, 5) is 0. The van der Waals surface area contributed by atoms with Crippen LogP contribution in [0.15, 0.2) is 30.6 Å². The lowest BCUT2D eigenvalue weighted by atomic mass is 10.1. The number of nitrogens with zero attached hydrogens (tertiary/aromatic N) is 2. The minimum Gasteiger partial charge on any atom is -0.406 e. The molecule has 24 heavy (non-hydrogen) atoms. The molecule has 0 saturated carbocycles. The highest BCUT2D eigenvalue weighted by Crippen LogP contribution is 2.30. The second-order valence-corrected chi connectivity index (χ2v) is 7.66. The van der Waals surface area contributed by atoms with Crippen LogP contribution < -0.4 is 10.5 Å². The quantitative estimate of drug-likeness (QED) is 0.882. The maximum absolute atomic E-state index is 12.4. The van der Waals surface area contributed by atoms with Gasteiger partial charge < -0.3 is 10.5 Å². The Balaban J connectivity index is 2.46. The molecule has 1 aromatic heterocycles. The lowest BCUT2D eigenvalue weighted by Gasteiger charge is -2.11. The molecular formula is C14H16F3N3O3S. The summed E-state index contributed by atoms with van der Waals surface area (Å²) in [6, 6.07) is 3.87. The largest absolute Gasteiger partial charge is 0.573 e. The summed E-state index contributed by atoms with van der Waals surface area (Å²) in [6.45, 7) is 3.00. The lowest BCUT2D eigenvalue weighted by molar-refractivity contribution is -0.274. The molecule has 2 rings (SSSR count). The van der Waals surface area contributed by atoms with Gasteiger partial charge in [-0.3, -0.25) is 0 Å². The van der Waals surface area contributed by atoms with Crippen molar-refractivity contribution in [3.05, 3.63) is 36.2 Å². The van der Waals surface area contributed by atoms with E-state index in [-0.39, 0.29) is 6.54 Å². The Morgan fingerprint density at radius 3 is 2.46 bits per heavy atom. The molecule has 0 spiro atoms. The van der Waals surface area contributed by atoms with Gasteiger partial charge in [0, 0.05) is 12.1 Å². The van der Waals surface area contributed by atoms with Crippen LogP contribution >= 0.6 is 0 Å². The SMILES string of the molecule is CC(C)S(=O)(=O)n1cc(-c2cc(CN)cc(OC(F)(F)F)c2)cn1. The van der Waals surface area contributed by atoms with Crippen molar-refractivity contribution in [3.63, 3.8) is 0 Å². The van der Waals surface area contributed by atoms with E-state index in [1.54, 1.807) is 6.07 Å². The first-order chi connectivity index (χ1) is 11.0. The topological polar surface area (TPSA) is 87.2 Å². The van der Waals surface area contributed by atoms with Crippen molar-refractivity contribution in [2.45, 2.75) is 32.0 Å². The van der Waals surface area contributed by atoms with E-state index in [4.69, 9.17) is 5.73 Å². The van der Waals surface area contributed by atoms with Crippen LogP contribution in [0.3, 0.4) is 0 Å². The van der Waals surface area contributed by atoms with E-state index >= 15 is 0 Å². The predicted octanol–water partition coefficient (Wildman–Crippen LogP) is 2.49. The third kappa shape index (κ3) is 4.06. The highest BCUT2D eigenvalue weighted by Gasteiger charge is 2.31. The summed E-state index contributed by atoms with van der Waals surface area (Å²) in [6.07, 6.45) is -2.34. The van der Waals surface area contributed by atoms with Crippen LogP contribution in [0, 0.1) is 0 Å². The van der Waals surface area contributed by atoms with E-state index < -0.39 is 27.4 Å². The number of nitrogens with two attached hydrogens (primary N) is 1. The summed E-state index contributed by atoms with van der Waals surface area (Å²) in [5.41, 5.74) is 6.56. The molecule has 0 fully saturated rings. The molecule has 0 aliphatic rings. The van der Waals surface area contributed by atoms with E-state index in [0.29, 0.717) is 16.7 Å². The first-order valence-electron chi connectivity index (χ1n) is 6.92. The van der Waals surface area contributed by atoms with Gasteiger partial charge in [0.25, 0.3) is 10.0 Å². The summed E-state index contributed by atoms with van der Waals surface area (Å²) >= 11 is 0. The normalized spacial score (nSPS) is 12.6. The number of benzene rings is 1. The highest BCUT2D eigenvalue weighted by atomic mass is 32.2. The van der Waals surface area contributed by atoms with Crippen LogP contribution in [0.2, 0.25) is 0 Å². The molecule has 0 aliphatic heterocycles. The standard InChI is InChI=1S/C14H16F3N3O3S/c1-9(2)24(21,22)20-8-12(7-19-20)11-3-10(6-18)4-13(5-11)23-14(15,16)17/h3-5,7-9H,6,18H2,1-2H3. The monoisotopic (exact) mass is 363 g/mol. The molecule has 0 bridgehead atoms. The number of hydrogen-bond acceptors (Lipinski definition) is 5. The molecule has 2 aromatic rings. The molecule has 132 valence electrons. The summed E-state index contributed by atoms with van der Waals surface area (Å²) in [5.74, 6) is -0.431. The fourth-order valence-electron chi connectivity index (χ4n) is 1.95. The number of hydrogen-bond donors (Lipinski definition) is 1. The number of aromatic nitrogens is 2. The Labute approximate surface area is 137 Å². The van der Waals surface area contributed by atoms with E-state index in [0.717, 1.165) is 10.2 Å². The molecule has 0 atom stereocenters. The zero-order chi connectivity index (χ0) is 18.1. The number of ether oxygens (including phenoxy) is 1. The number of rotatable bonds is 5. The minimum atomic E-state index is -4.84. The third-order valence-corrected chi connectivity index (χ3v) is 5.10. The Hall–Kier alpha value is -2.07. The smallest absolute Gasteiger partial charge is 0.406 e. The Kier molecular flexibility index (Phi) is 4.90. The zero-order valence-electron chi connectivity index (χ0n) is 12.9. The second-order valence-electron chi connectivity index (χ2n) is 5.31. The van der Waals surface area contributed by atoms with Crippen LogP contribution in [0.1, 0.15) is 19.4 Å². The Morgan fingerprint density at radius 1 is 1.25 bits per heavy atom. The molecule has 0 saturated heterocycles. The van der Waals surface area contributed by atoms with Crippen LogP contribution in [-0.2, 0) is 16.6 Å². The van der Waals surface area contributed by atoms with Crippen molar-refractivity contribution in [1.82, 2.24) is 9.19 Å². The van der Waals surface area contributed by atoms with Gasteiger partial charge in [-0.2, -0.15) is 9.19 Å². The van der Waals surface area contributed by atoms with Gasteiger partial charge in [0.05, 0.1) is 17.6 Å². The van der Waals surface area contributed by atoms with Crippen molar-refractivity contribution >= 4 is 10.0 Å². The van der Waals surface area contributed by atoms with E-state index in [1.165, 1.54) is 32.3 Å². The van der Waals surface area contributed by atoms with Gasteiger partial charge >= 0.3 is 6.36 Å². The van der Waals surface area contributed by atoms with Crippen LogP contribution in [0.5, 0.6) is 5.75 Å².